The summed E-state index contributed by atoms with van der Waals surface area (Å²) in [6, 6.07) is 30.4. The molecule has 4 aromatic carbocycles. The van der Waals surface area contributed by atoms with Crippen molar-refractivity contribution in [2.24, 2.45) is 0 Å². The molecule has 0 aliphatic carbocycles. The van der Waals surface area contributed by atoms with E-state index in [9.17, 15) is 8.78 Å². The van der Waals surface area contributed by atoms with Crippen LogP contribution in [0, 0.1) is 23.0 Å². The van der Waals surface area contributed by atoms with Crippen LogP contribution in [0.15, 0.2) is 103 Å². The molecule has 0 unspecified atom stereocenters. The quantitative estimate of drug-likeness (QED) is 0.229. The highest BCUT2D eigenvalue weighted by atomic mass is 19.2. The third-order valence-electron chi connectivity index (χ3n) is 6.04. The van der Waals surface area contributed by atoms with E-state index in [-0.39, 0.29) is 12.1 Å². The zero-order valence-electron chi connectivity index (χ0n) is 20.3. The van der Waals surface area contributed by atoms with E-state index in [1.54, 1.807) is 24.5 Å². The number of benzene rings is 4. The third kappa shape index (κ3) is 5.85. The number of aromatic nitrogens is 3. The maximum atomic E-state index is 14.6. The summed E-state index contributed by atoms with van der Waals surface area (Å²) < 4.78 is 36.4. The van der Waals surface area contributed by atoms with Crippen LogP contribution in [0.4, 0.5) is 14.5 Å². The first-order valence-electron chi connectivity index (χ1n) is 12.0. The predicted molar refractivity (Wildman–Crippen MR) is 139 cm³/mol. The number of anilines is 1. The second-order valence-electron chi connectivity index (χ2n) is 8.66. The molecule has 5 aromatic rings. The number of rotatable bonds is 9. The number of nitriles is 1. The molecule has 188 valence electrons. The van der Waals surface area contributed by atoms with Crippen molar-refractivity contribution in [1.29, 1.82) is 5.26 Å². The van der Waals surface area contributed by atoms with Gasteiger partial charge in [-0.05, 0) is 60.2 Å². The van der Waals surface area contributed by atoms with Gasteiger partial charge < -0.3 is 14.2 Å². The third-order valence-corrected chi connectivity index (χ3v) is 6.04. The minimum absolute atomic E-state index is 0.117. The molecule has 0 saturated carbocycles. The molecule has 0 spiro atoms. The van der Waals surface area contributed by atoms with Crippen molar-refractivity contribution in [3.8, 4) is 17.6 Å². The van der Waals surface area contributed by atoms with Gasteiger partial charge in [-0.25, -0.2) is 8.78 Å². The highest BCUT2D eigenvalue weighted by Gasteiger charge is 2.17. The molecular weight excluding hydrogens is 484 g/mol. The van der Waals surface area contributed by atoms with Crippen LogP contribution in [-0.2, 0) is 19.6 Å². The van der Waals surface area contributed by atoms with Gasteiger partial charge in [0.1, 0.15) is 17.8 Å². The normalized spacial score (nSPS) is 10.7. The summed E-state index contributed by atoms with van der Waals surface area (Å²) >= 11 is 0. The van der Waals surface area contributed by atoms with E-state index >= 15 is 0 Å². The predicted octanol–water partition coefficient (Wildman–Crippen LogP) is 6.48. The van der Waals surface area contributed by atoms with Gasteiger partial charge in [0.15, 0.2) is 17.5 Å². The average Bonchev–Trinajstić information content (AvgIpc) is 3.38. The van der Waals surface area contributed by atoms with Crippen LogP contribution in [0.1, 0.15) is 22.5 Å². The van der Waals surface area contributed by atoms with Crippen molar-refractivity contribution in [1.82, 2.24) is 14.8 Å². The molecule has 0 saturated heterocycles. The molecule has 6 nitrogen and oxygen atoms in total. The Hall–Kier alpha value is -5.03. The van der Waals surface area contributed by atoms with Crippen molar-refractivity contribution < 1.29 is 13.5 Å². The van der Waals surface area contributed by atoms with Crippen LogP contribution in [0.25, 0.3) is 0 Å². The second kappa shape index (κ2) is 11.4. The fourth-order valence-corrected chi connectivity index (χ4v) is 4.05. The van der Waals surface area contributed by atoms with Gasteiger partial charge in [-0.3, -0.25) is 0 Å². The van der Waals surface area contributed by atoms with Gasteiger partial charge in [0.05, 0.1) is 24.7 Å². The summed E-state index contributed by atoms with van der Waals surface area (Å²) in [5.74, 6) is 0.255. The Bertz CT molecular complexity index is 1540. The topological polar surface area (TPSA) is 67.0 Å². The minimum atomic E-state index is -0.891. The summed E-state index contributed by atoms with van der Waals surface area (Å²) in [5, 5.41) is 17.4. The zero-order valence-corrected chi connectivity index (χ0v) is 20.3. The molecule has 0 bridgehead atoms. The van der Waals surface area contributed by atoms with Gasteiger partial charge in [0.25, 0.3) is 0 Å². The highest BCUT2D eigenvalue weighted by molar-refractivity contribution is 5.50. The summed E-state index contributed by atoms with van der Waals surface area (Å²) in [6.45, 7) is 0.914. The molecule has 0 fully saturated rings. The fraction of sp³-hybridized carbons (Fsp3) is 0.100. The Morgan fingerprint density at radius 3 is 2.29 bits per heavy atom. The first-order chi connectivity index (χ1) is 18.6. The lowest BCUT2D eigenvalue weighted by Crippen LogP contribution is -2.25. The number of ether oxygens (including phenoxy) is 1. The Labute approximate surface area is 219 Å². The van der Waals surface area contributed by atoms with Gasteiger partial charge in [-0.2, -0.15) is 5.26 Å². The van der Waals surface area contributed by atoms with Crippen LogP contribution in [0.3, 0.4) is 0 Å². The molecule has 0 aliphatic rings. The van der Waals surface area contributed by atoms with E-state index < -0.39 is 11.6 Å². The van der Waals surface area contributed by atoms with Gasteiger partial charge in [0, 0.05) is 17.8 Å². The Kier molecular flexibility index (Phi) is 7.37. The monoisotopic (exact) mass is 507 g/mol. The van der Waals surface area contributed by atoms with Gasteiger partial charge in [-0.15, -0.1) is 10.2 Å². The minimum Gasteiger partial charge on any atom is -0.457 e. The van der Waals surface area contributed by atoms with E-state index in [0.29, 0.717) is 30.2 Å². The molecule has 0 amide bonds. The molecule has 8 heteroatoms. The maximum Gasteiger partial charge on any atom is 0.163 e. The molecule has 0 N–H and O–H groups in total. The SMILES string of the molecule is N#Cc1ccc(Cn2cnnc2CN(Cc2cccc(F)c2F)c2ccc(Oc3ccccc3)cc2)cc1. The van der Waals surface area contributed by atoms with E-state index in [1.807, 2.05) is 76.2 Å². The van der Waals surface area contributed by atoms with E-state index in [0.717, 1.165) is 23.1 Å². The first kappa shape index (κ1) is 24.7. The standard InChI is InChI=1S/C30H23F2N5O/c31-28-8-4-5-24(30(28)32)19-36(25-13-15-27(16-14-25)38-26-6-2-1-3-7-26)20-29-35-34-21-37(29)18-23-11-9-22(17-33)10-12-23/h1-16,21H,18-20H2. The molecule has 0 atom stereocenters. The molecule has 0 radical (unpaired) electrons. The van der Waals surface area contributed by atoms with E-state index in [4.69, 9.17) is 10.00 Å². The summed E-state index contributed by atoms with van der Waals surface area (Å²) in [6.07, 6.45) is 1.63. The van der Waals surface area contributed by atoms with Crippen molar-refractivity contribution in [2.75, 3.05) is 4.90 Å². The van der Waals surface area contributed by atoms with Crippen LogP contribution in [0.5, 0.6) is 11.5 Å². The Morgan fingerprint density at radius 2 is 1.55 bits per heavy atom. The van der Waals surface area contributed by atoms with E-state index in [1.165, 1.54) is 6.07 Å². The molecule has 1 aromatic heterocycles. The Morgan fingerprint density at radius 1 is 0.816 bits per heavy atom. The summed E-state index contributed by atoms with van der Waals surface area (Å²) in [4.78, 5) is 1.91. The number of para-hydroxylation sites is 1. The fourth-order valence-electron chi connectivity index (χ4n) is 4.05. The second-order valence-corrected chi connectivity index (χ2v) is 8.66. The van der Waals surface area contributed by atoms with Gasteiger partial charge in [0.2, 0.25) is 0 Å². The van der Waals surface area contributed by atoms with E-state index in [2.05, 4.69) is 16.3 Å². The molecule has 0 aliphatic heterocycles. The largest absolute Gasteiger partial charge is 0.457 e. The summed E-state index contributed by atoms with van der Waals surface area (Å²) in [7, 11) is 0. The van der Waals surface area contributed by atoms with Crippen LogP contribution < -0.4 is 9.64 Å². The van der Waals surface area contributed by atoms with Gasteiger partial charge in [-0.1, -0.05) is 42.5 Å². The Balaban J connectivity index is 1.41. The van der Waals surface area contributed by atoms with Gasteiger partial charge >= 0.3 is 0 Å². The number of halogens is 2. The van der Waals surface area contributed by atoms with Crippen molar-refractivity contribution in [2.45, 2.75) is 19.6 Å². The van der Waals surface area contributed by atoms with Crippen molar-refractivity contribution in [3.63, 3.8) is 0 Å². The number of hydrogen-bond acceptors (Lipinski definition) is 5. The smallest absolute Gasteiger partial charge is 0.163 e. The number of nitrogens with zero attached hydrogens (tertiary/aromatic N) is 5. The highest BCUT2D eigenvalue weighted by Crippen LogP contribution is 2.27. The lowest BCUT2D eigenvalue weighted by molar-refractivity contribution is 0.482. The van der Waals surface area contributed by atoms with Crippen molar-refractivity contribution in [3.05, 3.63) is 138 Å². The number of hydrogen-bond donors (Lipinski definition) is 0. The van der Waals surface area contributed by atoms with Crippen LogP contribution in [0.2, 0.25) is 0 Å². The van der Waals surface area contributed by atoms with Crippen molar-refractivity contribution >= 4 is 5.69 Å². The summed E-state index contributed by atoms with van der Waals surface area (Å²) in [5.41, 5.74) is 2.57. The molecule has 1 heterocycles. The lowest BCUT2D eigenvalue weighted by atomic mass is 10.1. The molecule has 38 heavy (non-hydrogen) atoms. The van der Waals surface area contributed by atoms with Crippen LogP contribution in [-0.4, -0.2) is 14.8 Å². The first-order valence-corrected chi connectivity index (χ1v) is 12.0. The zero-order chi connectivity index (χ0) is 26.3. The maximum absolute atomic E-state index is 14.6. The lowest BCUT2D eigenvalue weighted by Gasteiger charge is -2.25. The van der Waals surface area contributed by atoms with Crippen LogP contribution >= 0.6 is 0 Å². The molecule has 5 rings (SSSR count). The average molecular weight is 508 g/mol. The molecular formula is C30H23F2N5O.